The van der Waals surface area contributed by atoms with E-state index in [1.807, 2.05) is 54.6 Å². The molecule has 1 saturated heterocycles. The van der Waals surface area contributed by atoms with E-state index >= 15 is 0 Å². The average Bonchev–Trinajstić information content (AvgIpc) is 3.01. The first-order chi connectivity index (χ1) is 12.2. The molecule has 6 nitrogen and oxygen atoms in total. The Hall–Kier alpha value is -3.02. The molecular weight excluding hydrogens is 318 g/mol. The van der Waals surface area contributed by atoms with Gasteiger partial charge in [-0.2, -0.15) is 0 Å². The number of ether oxygens (including phenoxy) is 1. The molecule has 1 atom stereocenters. The zero-order valence-electron chi connectivity index (χ0n) is 14.1. The highest BCUT2D eigenvalue weighted by atomic mass is 16.5. The largest absolute Gasteiger partial charge is 0.497 e. The number of urea groups is 1. The van der Waals surface area contributed by atoms with E-state index in [1.165, 1.54) is 0 Å². The van der Waals surface area contributed by atoms with E-state index in [1.54, 1.807) is 12.0 Å². The lowest BCUT2D eigenvalue weighted by Gasteiger charge is -2.18. The van der Waals surface area contributed by atoms with Crippen LogP contribution in [0, 0.1) is 0 Å². The number of hydrogen-bond donors (Lipinski definition) is 2. The van der Waals surface area contributed by atoms with Crippen LogP contribution in [-0.2, 0) is 11.3 Å². The minimum absolute atomic E-state index is 0.0124. The number of methoxy groups -OCH3 is 1. The number of rotatable bonds is 5. The van der Waals surface area contributed by atoms with Crippen LogP contribution in [0.2, 0.25) is 0 Å². The summed E-state index contributed by atoms with van der Waals surface area (Å²) in [6.45, 7) is 0.900. The van der Waals surface area contributed by atoms with Crippen LogP contribution in [0.3, 0.4) is 0 Å². The topological polar surface area (TPSA) is 70.7 Å². The first-order valence-electron chi connectivity index (χ1n) is 8.18. The van der Waals surface area contributed by atoms with Gasteiger partial charge in [-0.25, -0.2) is 4.79 Å². The summed E-state index contributed by atoms with van der Waals surface area (Å²) in [6.07, 6.45) is 0.288. The van der Waals surface area contributed by atoms with E-state index in [9.17, 15) is 9.59 Å². The van der Waals surface area contributed by atoms with Crippen LogP contribution in [0.15, 0.2) is 54.6 Å². The Balaban J connectivity index is 1.54. The third kappa shape index (κ3) is 4.29. The van der Waals surface area contributed by atoms with Crippen molar-refractivity contribution in [2.45, 2.75) is 19.0 Å². The molecule has 2 N–H and O–H groups in total. The summed E-state index contributed by atoms with van der Waals surface area (Å²) >= 11 is 0. The third-order valence-electron chi connectivity index (χ3n) is 4.12. The molecule has 2 aromatic carbocycles. The van der Waals surface area contributed by atoms with Crippen molar-refractivity contribution in [2.24, 2.45) is 0 Å². The van der Waals surface area contributed by atoms with E-state index < -0.39 is 0 Å². The number of hydrogen-bond acceptors (Lipinski definition) is 3. The first kappa shape index (κ1) is 16.8. The Morgan fingerprint density at radius 2 is 2.00 bits per heavy atom. The van der Waals surface area contributed by atoms with Gasteiger partial charge in [0.05, 0.1) is 13.2 Å². The average molecular weight is 339 g/mol. The summed E-state index contributed by atoms with van der Waals surface area (Å²) in [5.41, 5.74) is 1.80. The lowest BCUT2D eigenvalue weighted by atomic mass is 10.2. The molecule has 0 bridgehead atoms. The highest BCUT2D eigenvalue weighted by Crippen LogP contribution is 2.25. The van der Waals surface area contributed by atoms with Crippen LogP contribution < -0.4 is 20.3 Å². The van der Waals surface area contributed by atoms with Crippen LogP contribution in [0.5, 0.6) is 5.75 Å². The summed E-state index contributed by atoms with van der Waals surface area (Å²) < 4.78 is 5.20. The number of nitrogens with one attached hydrogen (secondary N) is 2. The normalized spacial score (nSPS) is 16.6. The number of nitrogens with zero attached hydrogens (tertiary/aromatic N) is 1. The standard InChI is InChI=1S/C19H21N3O3/c1-25-17-9-5-8-16(11-17)22-13-15(10-18(22)23)21-19(24)20-12-14-6-3-2-4-7-14/h2-9,11,15H,10,12-13H2,1H3,(H2,20,21,24)/t15-/m1/s1. The molecule has 0 aromatic heterocycles. The lowest BCUT2D eigenvalue weighted by molar-refractivity contribution is -0.117. The second-order valence-electron chi connectivity index (χ2n) is 5.92. The summed E-state index contributed by atoms with van der Waals surface area (Å²) in [7, 11) is 1.59. The molecule has 1 aliphatic heterocycles. The van der Waals surface area contributed by atoms with Crippen molar-refractivity contribution in [1.29, 1.82) is 0 Å². The molecule has 0 spiro atoms. The Bertz CT molecular complexity index is 749. The van der Waals surface area contributed by atoms with Gasteiger partial charge in [0.2, 0.25) is 5.91 Å². The summed E-state index contributed by atoms with van der Waals surface area (Å²) in [5.74, 6) is 0.684. The van der Waals surface area contributed by atoms with Crippen molar-refractivity contribution < 1.29 is 14.3 Å². The predicted molar refractivity (Wildman–Crippen MR) is 95.6 cm³/mol. The molecule has 25 heavy (non-hydrogen) atoms. The maximum Gasteiger partial charge on any atom is 0.315 e. The van der Waals surface area contributed by atoms with Crippen molar-refractivity contribution in [3.05, 3.63) is 60.2 Å². The maximum atomic E-state index is 12.3. The second-order valence-corrected chi connectivity index (χ2v) is 5.92. The Morgan fingerprint density at radius 1 is 1.20 bits per heavy atom. The van der Waals surface area contributed by atoms with Crippen LogP contribution in [0.25, 0.3) is 0 Å². The fraction of sp³-hybridized carbons (Fsp3) is 0.263. The summed E-state index contributed by atoms with van der Waals surface area (Å²) in [6, 6.07) is 16.5. The molecule has 1 aliphatic rings. The van der Waals surface area contributed by atoms with Crippen LogP contribution >= 0.6 is 0 Å². The van der Waals surface area contributed by atoms with E-state index in [2.05, 4.69) is 10.6 Å². The molecule has 1 heterocycles. The van der Waals surface area contributed by atoms with Crippen molar-refractivity contribution in [3.8, 4) is 5.75 Å². The SMILES string of the molecule is COc1cccc(N2C[C@H](NC(=O)NCc3ccccc3)CC2=O)c1. The first-order valence-corrected chi connectivity index (χ1v) is 8.18. The molecule has 6 heteroatoms. The number of benzene rings is 2. The van der Waals surface area contributed by atoms with Gasteiger partial charge < -0.3 is 20.3 Å². The molecule has 130 valence electrons. The molecular formula is C19H21N3O3. The van der Waals surface area contributed by atoms with Gasteiger partial charge >= 0.3 is 6.03 Å². The molecule has 3 rings (SSSR count). The summed E-state index contributed by atoms with van der Waals surface area (Å²) in [5, 5.41) is 5.68. The van der Waals surface area contributed by atoms with Gasteiger partial charge in [0.25, 0.3) is 0 Å². The predicted octanol–water partition coefficient (Wildman–Crippen LogP) is 2.30. The van der Waals surface area contributed by atoms with Crippen LogP contribution in [0.1, 0.15) is 12.0 Å². The molecule has 0 unspecified atom stereocenters. The number of carbonyl (C=O) groups excluding carboxylic acids is 2. The Morgan fingerprint density at radius 3 is 2.76 bits per heavy atom. The maximum absolute atomic E-state index is 12.3. The second kappa shape index (κ2) is 7.70. The van der Waals surface area contributed by atoms with Gasteiger partial charge in [0.15, 0.2) is 0 Å². The molecule has 3 amide bonds. The van der Waals surface area contributed by atoms with Crippen LogP contribution in [0.4, 0.5) is 10.5 Å². The van der Waals surface area contributed by atoms with Gasteiger partial charge in [-0.05, 0) is 17.7 Å². The highest BCUT2D eigenvalue weighted by molar-refractivity contribution is 5.97. The zero-order valence-corrected chi connectivity index (χ0v) is 14.1. The van der Waals surface area contributed by atoms with Gasteiger partial charge in [-0.1, -0.05) is 36.4 Å². The minimum Gasteiger partial charge on any atom is -0.497 e. The van der Waals surface area contributed by atoms with Gasteiger partial charge in [0.1, 0.15) is 5.75 Å². The minimum atomic E-state index is -0.269. The van der Waals surface area contributed by atoms with Gasteiger partial charge in [-0.15, -0.1) is 0 Å². The molecule has 0 aliphatic carbocycles. The van der Waals surface area contributed by atoms with E-state index in [0.717, 1.165) is 11.3 Å². The van der Waals surface area contributed by atoms with Gasteiger partial charge in [0, 0.05) is 31.3 Å². The van der Waals surface area contributed by atoms with Crippen LogP contribution in [-0.4, -0.2) is 31.6 Å². The molecule has 2 aromatic rings. The number of carbonyl (C=O) groups is 2. The molecule has 0 radical (unpaired) electrons. The van der Waals surface area contributed by atoms with E-state index in [4.69, 9.17) is 4.74 Å². The fourth-order valence-electron chi connectivity index (χ4n) is 2.85. The van der Waals surface area contributed by atoms with Gasteiger partial charge in [-0.3, -0.25) is 4.79 Å². The quantitative estimate of drug-likeness (QED) is 0.878. The van der Waals surface area contributed by atoms with E-state index in [-0.39, 0.29) is 24.4 Å². The van der Waals surface area contributed by atoms with E-state index in [0.29, 0.717) is 18.8 Å². The van der Waals surface area contributed by atoms with Crippen molar-refractivity contribution >= 4 is 17.6 Å². The molecule has 0 saturated carbocycles. The molecule has 1 fully saturated rings. The van der Waals surface area contributed by atoms with Crippen molar-refractivity contribution in [1.82, 2.24) is 10.6 Å². The Kier molecular flexibility index (Phi) is 5.18. The fourth-order valence-corrected chi connectivity index (χ4v) is 2.85. The van der Waals surface area contributed by atoms with Crippen molar-refractivity contribution in [2.75, 3.05) is 18.6 Å². The zero-order chi connectivity index (χ0) is 17.6. The smallest absolute Gasteiger partial charge is 0.315 e. The summed E-state index contributed by atoms with van der Waals surface area (Å²) in [4.78, 5) is 26.0. The number of amides is 3. The monoisotopic (exact) mass is 339 g/mol. The number of anilines is 1. The highest BCUT2D eigenvalue weighted by Gasteiger charge is 2.31. The third-order valence-corrected chi connectivity index (χ3v) is 4.12. The lowest BCUT2D eigenvalue weighted by Crippen LogP contribution is -2.43. The van der Waals surface area contributed by atoms with Crippen molar-refractivity contribution in [3.63, 3.8) is 0 Å². The Labute approximate surface area is 146 Å².